The fourth-order valence-corrected chi connectivity index (χ4v) is 1.71. The van der Waals surface area contributed by atoms with E-state index in [-0.39, 0.29) is 12.3 Å². The summed E-state index contributed by atoms with van der Waals surface area (Å²) in [6, 6.07) is -0.868. The quantitative estimate of drug-likeness (QED) is 0.594. The predicted molar refractivity (Wildman–Crippen MR) is 60.6 cm³/mol. The number of thiazole rings is 1. The molecule has 0 aliphatic heterocycles. The molecule has 0 aromatic carbocycles. The second kappa shape index (κ2) is 6.19. The lowest BCUT2D eigenvalue weighted by Crippen LogP contribution is -2.43. The highest BCUT2D eigenvalue weighted by atomic mass is 32.1. The number of rotatable bonds is 6. The van der Waals surface area contributed by atoms with Crippen LogP contribution in [0.3, 0.4) is 0 Å². The van der Waals surface area contributed by atoms with E-state index in [1.54, 1.807) is 5.51 Å². The van der Waals surface area contributed by atoms with Crippen LogP contribution in [0.4, 0.5) is 0 Å². The number of nitrogens with one attached hydrogen (secondary N) is 1. The highest BCUT2D eigenvalue weighted by molar-refractivity contribution is 7.07. The van der Waals surface area contributed by atoms with E-state index in [0.29, 0.717) is 13.0 Å². The van der Waals surface area contributed by atoms with E-state index in [9.17, 15) is 9.59 Å². The van der Waals surface area contributed by atoms with Crippen molar-refractivity contribution >= 4 is 23.2 Å². The molecule has 0 saturated carbocycles. The maximum absolute atomic E-state index is 11.3. The van der Waals surface area contributed by atoms with Crippen molar-refractivity contribution in [1.29, 1.82) is 0 Å². The van der Waals surface area contributed by atoms with Crippen LogP contribution in [-0.2, 0) is 16.0 Å². The molecule has 0 spiro atoms. The molecule has 0 aliphatic carbocycles. The van der Waals surface area contributed by atoms with Crippen molar-refractivity contribution in [2.75, 3.05) is 6.54 Å². The summed E-state index contributed by atoms with van der Waals surface area (Å²) in [7, 11) is 0. The maximum Gasteiger partial charge on any atom is 0.237 e. The molecule has 1 heterocycles. The Hall–Kier alpha value is -1.47. The van der Waals surface area contributed by atoms with Gasteiger partial charge in [-0.3, -0.25) is 9.59 Å². The highest BCUT2D eigenvalue weighted by Gasteiger charge is 2.15. The Labute approximate surface area is 97.0 Å². The normalized spacial score (nSPS) is 12.1. The molecular weight excluding hydrogens is 228 g/mol. The minimum absolute atomic E-state index is 0.136. The van der Waals surface area contributed by atoms with Gasteiger partial charge < -0.3 is 16.8 Å². The highest BCUT2D eigenvalue weighted by Crippen LogP contribution is 2.00. The molecule has 6 nitrogen and oxygen atoms in total. The van der Waals surface area contributed by atoms with Gasteiger partial charge in [0.15, 0.2) is 0 Å². The minimum atomic E-state index is -0.868. The van der Waals surface area contributed by atoms with Gasteiger partial charge in [0.05, 0.1) is 23.7 Å². The number of aromatic nitrogens is 1. The number of carbonyl (C=O) groups is 2. The molecule has 5 N–H and O–H groups in total. The van der Waals surface area contributed by atoms with Crippen LogP contribution >= 0.6 is 11.3 Å². The number of nitrogens with two attached hydrogens (primary N) is 2. The van der Waals surface area contributed by atoms with Gasteiger partial charge in [0, 0.05) is 18.3 Å². The fourth-order valence-electron chi connectivity index (χ4n) is 1.12. The SMILES string of the molecule is NC(=O)CC(N)C(=O)NCCc1cscn1. The van der Waals surface area contributed by atoms with E-state index in [4.69, 9.17) is 11.5 Å². The topological polar surface area (TPSA) is 111 Å². The van der Waals surface area contributed by atoms with Crippen molar-refractivity contribution < 1.29 is 9.59 Å². The van der Waals surface area contributed by atoms with Crippen molar-refractivity contribution in [3.8, 4) is 0 Å². The van der Waals surface area contributed by atoms with Gasteiger partial charge in [0.1, 0.15) is 0 Å². The first-order valence-electron chi connectivity index (χ1n) is 4.78. The molecule has 2 amide bonds. The van der Waals surface area contributed by atoms with Crippen LogP contribution in [0.25, 0.3) is 0 Å². The predicted octanol–water partition coefficient (Wildman–Crippen LogP) is -0.996. The molecule has 0 bridgehead atoms. The number of hydrogen-bond donors (Lipinski definition) is 3. The van der Waals surface area contributed by atoms with Gasteiger partial charge in [-0.15, -0.1) is 11.3 Å². The number of nitrogens with zero attached hydrogens (tertiary/aromatic N) is 1. The van der Waals surface area contributed by atoms with Gasteiger partial charge in [0.25, 0.3) is 0 Å². The van der Waals surface area contributed by atoms with Crippen LogP contribution in [0.15, 0.2) is 10.9 Å². The standard InChI is InChI=1S/C9H14N4O2S/c10-7(3-8(11)14)9(15)12-2-1-6-4-16-5-13-6/h4-5,7H,1-3,10H2,(H2,11,14)(H,12,15). The summed E-state index contributed by atoms with van der Waals surface area (Å²) in [6.07, 6.45) is 0.515. The summed E-state index contributed by atoms with van der Waals surface area (Å²) in [5.41, 5.74) is 13.0. The molecule has 7 heteroatoms. The first-order valence-corrected chi connectivity index (χ1v) is 5.72. The van der Waals surface area contributed by atoms with E-state index < -0.39 is 11.9 Å². The van der Waals surface area contributed by atoms with Crippen molar-refractivity contribution in [2.24, 2.45) is 11.5 Å². The first-order chi connectivity index (χ1) is 7.59. The van der Waals surface area contributed by atoms with Gasteiger partial charge in [-0.2, -0.15) is 0 Å². The summed E-state index contributed by atoms with van der Waals surface area (Å²) in [5.74, 6) is -0.948. The summed E-state index contributed by atoms with van der Waals surface area (Å²) in [5, 5.41) is 4.53. The largest absolute Gasteiger partial charge is 0.370 e. The Bertz CT molecular complexity index is 352. The second-order valence-corrected chi connectivity index (χ2v) is 4.02. The Kier molecular flexibility index (Phi) is 4.87. The molecule has 0 fully saturated rings. The molecule has 16 heavy (non-hydrogen) atoms. The molecule has 1 aromatic rings. The molecule has 88 valence electrons. The summed E-state index contributed by atoms with van der Waals surface area (Å²) in [6.45, 7) is 0.453. The van der Waals surface area contributed by atoms with Crippen molar-refractivity contribution in [2.45, 2.75) is 18.9 Å². The number of hydrogen-bond acceptors (Lipinski definition) is 5. The van der Waals surface area contributed by atoms with Gasteiger partial charge in [-0.25, -0.2) is 4.98 Å². The smallest absolute Gasteiger partial charge is 0.237 e. The number of carbonyl (C=O) groups excluding carboxylic acids is 2. The molecule has 0 aliphatic rings. The Morgan fingerprint density at radius 2 is 2.31 bits per heavy atom. The van der Waals surface area contributed by atoms with Gasteiger partial charge >= 0.3 is 0 Å². The number of amides is 2. The van der Waals surface area contributed by atoms with Crippen molar-refractivity contribution in [3.63, 3.8) is 0 Å². The van der Waals surface area contributed by atoms with Crippen LogP contribution in [0.2, 0.25) is 0 Å². The Morgan fingerprint density at radius 1 is 1.56 bits per heavy atom. The zero-order chi connectivity index (χ0) is 12.0. The average molecular weight is 242 g/mol. The van der Waals surface area contributed by atoms with E-state index in [0.717, 1.165) is 5.69 Å². The van der Waals surface area contributed by atoms with Crippen LogP contribution < -0.4 is 16.8 Å². The summed E-state index contributed by atoms with van der Waals surface area (Å²) in [4.78, 5) is 25.9. The second-order valence-electron chi connectivity index (χ2n) is 3.30. The maximum atomic E-state index is 11.3. The lowest BCUT2D eigenvalue weighted by molar-refractivity contribution is -0.126. The summed E-state index contributed by atoms with van der Waals surface area (Å²) >= 11 is 1.50. The zero-order valence-electron chi connectivity index (χ0n) is 8.68. The van der Waals surface area contributed by atoms with Gasteiger partial charge in [0.2, 0.25) is 11.8 Å². The van der Waals surface area contributed by atoms with Crippen molar-refractivity contribution in [1.82, 2.24) is 10.3 Å². The van der Waals surface area contributed by atoms with Crippen molar-refractivity contribution in [3.05, 3.63) is 16.6 Å². The molecule has 0 radical (unpaired) electrons. The molecule has 1 aromatic heterocycles. The Morgan fingerprint density at radius 3 is 2.88 bits per heavy atom. The van der Waals surface area contributed by atoms with E-state index >= 15 is 0 Å². The molecule has 1 unspecified atom stereocenters. The molecule has 0 saturated heterocycles. The van der Waals surface area contributed by atoms with Crippen LogP contribution in [0.5, 0.6) is 0 Å². The van der Waals surface area contributed by atoms with E-state index in [1.165, 1.54) is 11.3 Å². The number of primary amides is 1. The van der Waals surface area contributed by atoms with Crippen LogP contribution in [-0.4, -0.2) is 29.4 Å². The fraction of sp³-hybridized carbons (Fsp3) is 0.444. The third kappa shape index (κ3) is 4.37. The average Bonchev–Trinajstić information content (AvgIpc) is 2.69. The molecule has 1 atom stereocenters. The summed E-state index contributed by atoms with van der Waals surface area (Å²) < 4.78 is 0. The van der Waals surface area contributed by atoms with E-state index in [1.807, 2.05) is 5.38 Å². The lowest BCUT2D eigenvalue weighted by atomic mass is 10.2. The Balaban J connectivity index is 2.22. The monoisotopic (exact) mass is 242 g/mol. The minimum Gasteiger partial charge on any atom is -0.370 e. The van der Waals surface area contributed by atoms with E-state index in [2.05, 4.69) is 10.3 Å². The van der Waals surface area contributed by atoms with Crippen LogP contribution in [0.1, 0.15) is 12.1 Å². The first kappa shape index (κ1) is 12.6. The zero-order valence-corrected chi connectivity index (χ0v) is 9.50. The molecular formula is C9H14N4O2S. The lowest BCUT2D eigenvalue weighted by Gasteiger charge is -2.09. The third-order valence-electron chi connectivity index (χ3n) is 1.92. The molecule has 1 rings (SSSR count). The van der Waals surface area contributed by atoms with Gasteiger partial charge in [-0.1, -0.05) is 0 Å². The van der Waals surface area contributed by atoms with Gasteiger partial charge in [-0.05, 0) is 0 Å². The third-order valence-corrected chi connectivity index (χ3v) is 2.56. The van der Waals surface area contributed by atoms with Crippen LogP contribution in [0, 0.1) is 0 Å².